The lowest BCUT2D eigenvalue weighted by atomic mass is 10.0. The van der Waals surface area contributed by atoms with Crippen LogP contribution in [0.15, 0.2) is 103 Å². The number of aryl methyl sites for hydroxylation is 2. The van der Waals surface area contributed by atoms with E-state index in [9.17, 15) is 26.7 Å². The van der Waals surface area contributed by atoms with Crippen LogP contribution in [0.3, 0.4) is 0 Å². The van der Waals surface area contributed by atoms with Gasteiger partial charge in [0.15, 0.2) is 0 Å². The molecule has 250 valence electrons. The zero-order chi connectivity index (χ0) is 34.3. The second kappa shape index (κ2) is 15.8. The van der Waals surface area contributed by atoms with Gasteiger partial charge in [-0.05, 0) is 91.4 Å². The number of nitrogens with zero attached hydrogens (tertiary/aromatic N) is 3. The minimum Gasteiger partial charge on any atom is -0.478 e. The lowest BCUT2D eigenvalue weighted by Crippen LogP contribution is -2.35. The van der Waals surface area contributed by atoms with Crippen LogP contribution in [0.1, 0.15) is 40.0 Å². The predicted octanol–water partition coefficient (Wildman–Crippen LogP) is 7.17. The molecule has 0 saturated carbocycles. The van der Waals surface area contributed by atoms with Crippen LogP contribution < -0.4 is 8.61 Å². The number of rotatable bonds is 15. The zero-order valence-electron chi connectivity index (χ0n) is 25.7. The first-order valence-corrected chi connectivity index (χ1v) is 18.6. The lowest BCUT2D eigenvalue weighted by molar-refractivity contribution is 0.0697. The average Bonchev–Trinajstić information content (AvgIpc) is 3.05. The van der Waals surface area contributed by atoms with Crippen LogP contribution in [0.2, 0.25) is 10.0 Å². The quantitative estimate of drug-likeness (QED) is 0.0866. The van der Waals surface area contributed by atoms with Crippen molar-refractivity contribution in [3.05, 3.63) is 136 Å². The summed E-state index contributed by atoms with van der Waals surface area (Å²) >= 11 is 12.1. The van der Waals surface area contributed by atoms with Crippen molar-refractivity contribution in [2.45, 2.75) is 31.4 Å². The molecule has 4 aromatic carbocycles. The molecule has 0 amide bonds. The van der Waals surface area contributed by atoms with Crippen molar-refractivity contribution in [1.29, 1.82) is 0 Å². The summed E-state index contributed by atoms with van der Waals surface area (Å²) in [6.07, 6.45) is 1.85. The first-order valence-electron chi connectivity index (χ1n) is 15.1. The molecule has 5 aromatic rings. The summed E-state index contributed by atoms with van der Waals surface area (Å²) in [6, 6.07) is 29.1. The Labute approximate surface area is 291 Å². The van der Waals surface area contributed by atoms with Crippen LogP contribution in [0.25, 0.3) is 10.9 Å². The molecule has 1 aromatic heterocycles. The van der Waals surface area contributed by atoms with E-state index in [0.29, 0.717) is 40.6 Å². The largest absolute Gasteiger partial charge is 0.478 e. The van der Waals surface area contributed by atoms with Crippen molar-refractivity contribution < 1.29 is 26.7 Å². The van der Waals surface area contributed by atoms with E-state index >= 15 is 0 Å². The molecule has 0 spiro atoms. The number of benzene rings is 4. The van der Waals surface area contributed by atoms with Gasteiger partial charge in [-0.3, -0.25) is 13.6 Å². The number of halogens is 2. The third-order valence-corrected chi connectivity index (χ3v) is 10.8. The van der Waals surface area contributed by atoms with Gasteiger partial charge in [0, 0.05) is 34.2 Å². The van der Waals surface area contributed by atoms with E-state index in [0.717, 1.165) is 26.5 Å². The molecule has 0 aliphatic heterocycles. The Morgan fingerprint density at radius 1 is 0.771 bits per heavy atom. The number of carboxylic acids is 1. The highest BCUT2D eigenvalue weighted by atomic mass is 35.5. The van der Waals surface area contributed by atoms with Gasteiger partial charge in [0.1, 0.15) is 0 Å². The Balaban J connectivity index is 1.31. The van der Waals surface area contributed by atoms with Crippen LogP contribution in [0.4, 0.5) is 11.4 Å². The van der Waals surface area contributed by atoms with Crippen molar-refractivity contribution in [1.82, 2.24) is 4.98 Å². The molecule has 5 rings (SSSR count). The smallest absolute Gasteiger partial charge is 0.337 e. The standard InChI is InChI=1S/C35H33Cl2N3O6S2/c36-28-14-18-31(19-15-28)39(47(43)44)20-3-4-21-40(34-9-2-1-8-32(34)35(41)42)48(45,46)24-26-7-5-6-25(22-26)10-16-30-17-12-27-11-13-29(37)23-33(27)38-30/h1-2,5-9,11-15,17-19,22-23,47H,3-4,10,16,20-21,24H2,(H,41,42). The molecule has 0 aliphatic rings. The van der Waals surface area contributed by atoms with Gasteiger partial charge in [0.05, 0.1) is 28.2 Å². The van der Waals surface area contributed by atoms with E-state index in [4.69, 9.17) is 28.2 Å². The zero-order valence-corrected chi connectivity index (χ0v) is 28.9. The number of thiol groups is 1. The van der Waals surface area contributed by atoms with Crippen LogP contribution >= 0.6 is 23.2 Å². The summed E-state index contributed by atoms with van der Waals surface area (Å²) in [5.74, 6) is -1.61. The number of hydrogen-bond donors (Lipinski definition) is 2. The van der Waals surface area contributed by atoms with Gasteiger partial charge in [-0.2, -0.15) is 0 Å². The summed E-state index contributed by atoms with van der Waals surface area (Å²) in [5.41, 5.74) is 3.52. The van der Waals surface area contributed by atoms with Crippen molar-refractivity contribution in [3.63, 3.8) is 0 Å². The van der Waals surface area contributed by atoms with Gasteiger partial charge < -0.3 is 5.11 Å². The molecule has 0 saturated heterocycles. The van der Waals surface area contributed by atoms with Gasteiger partial charge in [-0.15, -0.1) is 0 Å². The van der Waals surface area contributed by atoms with Gasteiger partial charge in [0.25, 0.3) is 0 Å². The van der Waals surface area contributed by atoms with Crippen LogP contribution in [-0.4, -0.2) is 46.0 Å². The number of carboxylic acid groups (broad SMARTS) is 1. The highest BCUT2D eigenvalue weighted by Gasteiger charge is 2.27. The lowest BCUT2D eigenvalue weighted by Gasteiger charge is -2.26. The number of fused-ring (bicyclic) bond motifs is 1. The number of hydrogen-bond acceptors (Lipinski definition) is 6. The third-order valence-electron chi connectivity index (χ3n) is 7.76. The molecule has 13 heteroatoms. The van der Waals surface area contributed by atoms with Crippen molar-refractivity contribution >= 4 is 72.4 Å². The van der Waals surface area contributed by atoms with Crippen molar-refractivity contribution in [2.75, 3.05) is 21.7 Å². The fourth-order valence-electron chi connectivity index (χ4n) is 5.42. The molecule has 9 nitrogen and oxygen atoms in total. The van der Waals surface area contributed by atoms with Crippen molar-refractivity contribution in [3.8, 4) is 0 Å². The minimum atomic E-state index is -4.07. The summed E-state index contributed by atoms with van der Waals surface area (Å²) < 4.78 is 54.3. The van der Waals surface area contributed by atoms with E-state index in [-0.39, 0.29) is 36.5 Å². The molecule has 0 unspecified atom stereocenters. The van der Waals surface area contributed by atoms with E-state index in [2.05, 4.69) is 0 Å². The number of unbranched alkanes of at least 4 members (excludes halogenated alkanes) is 1. The molecule has 0 aliphatic carbocycles. The number of sulfonamides is 1. The van der Waals surface area contributed by atoms with E-state index < -0.39 is 26.9 Å². The van der Waals surface area contributed by atoms with Crippen LogP contribution in [0, 0.1) is 0 Å². The Bertz CT molecular complexity index is 2100. The van der Waals surface area contributed by atoms with Gasteiger partial charge in [-0.1, -0.05) is 71.7 Å². The molecular weight excluding hydrogens is 693 g/mol. The first kappa shape index (κ1) is 35.2. The summed E-state index contributed by atoms with van der Waals surface area (Å²) in [7, 11) is -7.03. The maximum Gasteiger partial charge on any atom is 0.337 e. The highest BCUT2D eigenvalue weighted by Crippen LogP contribution is 2.27. The topological polar surface area (TPSA) is 125 Å². The van der Waals surface area contributed by atoms with E-state index in [1.165, 1.54) is 22.5 Å². The van der Waals surface area contributed by atoms with E-state index in [1.54, 1.807) is 42.5 Å². The number of aromatic carboxylic acids is 1. The second-order valence-corrected chi connectivity index (χ2v) is 14.9. The number of anilines is 2. The number of pyridine rings is 1. The fourth-order valence-corrected chi connectivity index (χ4v) is 7.97. The first-order chi connectivity index (χ1) is 23.0. The van der Waals surface area contributed by atoms with Gasteiger partial charge in [0.2, 0.25) is 20.9 Å². The van der Waals surface area contributed by atoms with Crippen molar-refractivity contribution in [2.24, 2.45) is 0 Å². The number of para-hydroxylation sites is 1. The molecule has 0 bridgehead atoms. The Morgan fingerprint density at radius 3 is 2.21 bits per heavy atom. The summed E-state index contributed by atoms with van der Waals surface area (Å²) in [6.45, 7) is 0.0595. The molecule has 1 heterocycles. The fraction of sp³-hybridized carbons (Fsp3) is 0.200. The van der Waals surface area contributed by atoms with Gasteiger partial charge >= 0.3 is 5.97 Å². The van der Waals surface area contributed by atoms with Gasteiger partial charge in [-0.25, -0.2) is 21.6 Å². The van der Waals surface area contributed by atoms with Crippen LogP contribution in [0.5, 0.6) is 0 Å². The normalized spacial score (nSPS) is 11.6. The Kier molecular flexibility index (Phi) is 11.6. The number of carbonyl (C=O) groups is 1. The molecule has 0 radical (unpaired) electrons. The van der Waals surface area contributed by atoms with E-state index in [1.807, 2.05) is 42.5 Å². The molecular formula is C35H33Cl2N3O6S2. The Morgan fingerprint density at radius 2 is 1.46 bits per heavy atom. The minimum absolute atomic E-state index is 0.0476. The average molecular weight is 727 g/mol. The molecule has 1 N–H and O–H groups in total. The maximum absolute atomic E-state index is 14.0. The number of aromatic nitrogens is 1. The highest BCUT2D eigenvalue weighted by molar-refractivity contribution is 7.92. The summed E-state index contributed by atoms with van der Waals surface area (Å²) in [4.78, 5) is 16.8. The monoisotopic (exact) mass is 725 g/mol. The molecule has 48 heavy (non-hydrogen) atoms. The summed E-state index contributed by atoms with van der Waals surface area (Å²) in [5, 5.41) is 11.9. The predicted molar refractivity (Wildman–Crippen MR) is 192 cm³/mol. The van der Waals surface area contributed by atoms with Crippen LogP contribution in [-0.2, 0) is 39.5 Å². The second-order valence-electron chi connectivity index (χ2n) is 11.2. The SMILES string of the molecule is O=C(O)c1ccccc1N(CCCCN(c1ccc(Cl)cc1)[SH](=O)=O)S(=O)(=O)Cc1cccc(CCc2ccc3ccc(Cl)cc3n2)c1. The Hall–Kier alpha value is -4.16. The maximum atomic E-state index is 14.0. The molecule has 0 fully saturated rings. The molecule has 0 atom stereocenters. The third kappa shape index (κ3) is 9.04.